The largest absolute Gasteiger partial charge is 0.356 e. The number of hydrogen-bond acceptors (Lipinski definition) is 6. The lowest BCUT2D eigenvalue weighted by atomic mass is 10.3. The highest BCUT2D eigenvalue weighted by molar-refractivity contribution is 5.80. The van der Waals surface area contributed by atoms with Gasteiger partial charge in [-0.15, -0.1) is 0 Å². The molecule has 9 heteroatoms. The predicted octanol–water partition coefficient (Wildman–Crippen LogP) is 0.899. The first-order valence-electron chi connectivity index (χ1n) is 8.27. The highest BCUT2D eigenvalue weighted by Crippen LogP contribution is 2.20. The van der Waals surface area contributed by atoms with E-state index >= 15 is 0 Å². The summed E-state index contributed by atoms with van der Waals surface area (Å²) in [6.45, 7) is 3.85. The number of rotatable bonds is 5. The number of halogens is 1. The number of nitrogens with zero attached hydrogens (tertiary/aromatic N) is 5. The number of nitrogens with one attached hydrogen (secondary N) is 2. The molecule has 3 rings (SSSR count). The monoisotopic (exact) mass is 347 g/mol. The van der Waals surface area contributed by atoms with Crippen LogP contribution in [-0.2, 0) is 6.42 Å². The smallest absolute Gasteiger partial charge is 0.228 e. The van der Waals surface area contributed by atoms with E-state index in [1.165, 1.54) is 6.07 Å². The van der Waals surface area contributed by atoms with Crippen molar-refractivity contribution in [1.29, 1.82) is 0 Å². The molecule has 1 aliphatic rings. The number of aryl methyl sites for hydroxylation is 1. The van der Waals surface area contributed by atoms with Gasteiger partial charge in [-0.25, -0.2) is 9.37 Å². The normalized spacial score (nSPS) is 17.8. The maximum absolute atomic E-state index is 13.8. The Kier molecular flexibility index (Phi) is 5.42. The number of anilines is 1. The topological polar surface area (TPSA) is 91.5 Å². The Balaban J connectivity index is 1.47. The lowest BCUT2D eigenvalue weighted by molar-refractivity contribution is 0.374. The average Bonchev–Trinajstić information content (AvgIpc) is 3.23. The third kappa shape index (κ3) is 4.43. The van der Waals surface area contributed by atoms with E-state index < -0.39 is 0 Å². The molecule has 2 aromatic rings. The molecule has 1 aliphatic heterocycles. The number of aromatic nitrogens is 3. The molecule has 0 aliphatic carbocycles. The van der Waals surface area contributed by atoms with Crippen LogP contribution in [0.25, 0.3) is 0 Å². The summed E-state index contributed by atoms with van der Waals surface area (Å²) in [5.74, 6) is 2.04. The molecule has 2 N–H and O–H groups in total. The molecule has 1 fully saturated rings. The van der Waals surface area contributed by atoms with Gasteiger partial charge in [0.05, 0.1) is 0 Å². The Morgan fingerprint density at radius 3 is 3.12 bits per heavy atom. The molecule has 0 spiro atoms. The molecular formula is C16H22FN7O. The van der Waals surface area contributed by atoms with E-state index in [-0.39, 0.29) is 11.9 Å². The van der Waals surface area contributed by atoms with Crippen LogP contribution in [0.4, 0.5) is 10.2 Å². The van der Waals surface area contributed by atoms with Crippen molar-refractivity contribution in [2.45, 2.75) is 25.8 Å². The highest BCUT2D eigenvalue weighted by Gasteiger charge is 2.25. The van der Waals surface area contributed by atoms with E-state index in [4.69, 9.17) is 4.52 Å². The summed E-state index contributed by atoms with van der Waals surface area (Å²) in [4.78, 5) is 14.5. The summed E-state index contributed by atoms with van der Waals surface area (Å²) in [5, 5.41) is 10.3. The SMILES string of the molecule is CN=C(NCCc1nc(C)no1)NC1CCN(c2ncccc2F)C1. The van der Waals surface area contributed by atoms with Crippen molar-refractivity contribution in [3.05, 3.63) is 35.9 Å². The van der Waals surface area contributed by atoms with Crippen LogP contribution in [-0.4, -0.2) is 53.8 Å². The van der Waals surface area contributed by atoms with Gasteiger partial charge in [0, 0.05) is 45.3 Å². The molecule has 1 saturated heterocycles. The minimum absolute atomic E-state index is 0.179. The highest BCUT2D eigenvalue weighted by atomic mass is 19.1. The second-order valence-electron chi connectivity index (χ2n) is 5.87. The third-order valence-corrected chi connectivity index (χ3v) is 3.99. The second kappa shape index (κ2) is 7.91. The fourth-order valence-electron chi connectivity index (χ4n) is 2.80. The first-order valence-corrected chi connectivity index (χ1v) is 8.27. The molecule has 0 radical (unpaired) electrons. The standard InChI is InChI=1S/C16H22FN7O/c1-11-21-14(25-23-11)5-8-20-16(18-2)22-12-6-9-24(10-12)15-13(17)4-3-7-19-15/h3-4,7,12H,5-6,8-10H2,1-2H3,(H2,18,20,22). The van der Waals surface area contributed by atoms with Crippen molar-refractivity contribution in [3.63, 3.8) is 0 Å². The number of pyridine rings is 1. The minimum atomic E-state index is -0.291. The number of hydrogen-bond donors (Lipinski definition) is 2. The number of guanidine groups is 1. The van der Waals surface area contributed by atoms with Gasteiger partial charge >= 0.3 is 0 Å². The first-order chi connectivity index (χ1) is 12.2. The van der Waals surface area contributed by atoms with E-state index in [9.17, 15) is 4.39 Å². The van der Waals surface area contributed by atoms with Gasteiger partial charge < -0.3 is 20.1 Å². The first kappa shape index (κ1) is 17.1. The quantitative estimate of drug-likeness (QED) is 0.613. The van der Waals surface area contributed by atoms with Crippen LogP contribution >= 0.6 is 0 Å². The Labute approximate surface area is 145 Å². The molecule has 0 saturated carbocycles. The van der Waals surface area contributed by atoms with Crippen molar-refractivity contribution >= 4 is 11.8 Å². The fourth-order valence-corrected chi connectivity index (χ4v) is 2.80. The summed E-state index contributed by atoms with van der Waals surface area (Å²) in [6.07, 6.45) is 3.12. The summed E-state index contributed by atoms with van der Waals surface area (Å²) in [5.41, 5.74) is 0. The molecule has 3 heterocycles. The molecule has 0 bridgehead atoms. The van der Waals surface area contributed by atoms with Crippen molar-refractivity contribution in [2.75, 3.05) is 31.6 Å². The van der Waals surface area contributed by atoms with Gasteiger partial charge in [0.1, 0.15) is 0 Å². The van der Waals surface area contributed by atoms with Crippen LogP contribution in [0, 0.1) is 12.7 Å². The molecular weight excluding hydrogens is 325 g/mol. The summed E-state index contributed by atoms with van der Waals surface area (Å²) >= 11 is 0. The van der Waals surface area contributed by atoms with Gasteiger partial charge in [0.25, 0.3) is 0 Å². The van der Waals surface area contributed by atoms with Crippen molar-refractivity contribution in [1.82, 2.24) is 25.8 Å². The molecule has 0 amide bonds. The average molecular weight is 347 g/mol. The lowest BCUT2D eigenvalue weighted by Crippen LogP contribution is -2.45. The zero-order chi connectivity index (χ0) is 17.6. The van der Waals surface area contributed by atoms with E-state index in [0.717, 1.165) is 13.0 Å². The van der Waals surface area contributed by atoms with Gasteiger partial charge in [-0.05, 0) is 25.5 Å². The molecule has 0 aromatic carbocycles. The fraction of sp³-hybridized carbons (Fsp3) is 0.500. The predicted molar refractivity (Wildman–Crippen MR) is 92.0 cm³/mol. The Morgan fingerprint density at radius 1 is 1.52 bits per heavy atom. The Hall–Kier alpha value is -2.71. The molecule has 25 heavy (non-hydrogen) atoms. The van der Waals surface area contributed by atoms with Crippen molar-refractivity contribution in [3.8, 4) is 0 Å². The molecule has 8 nitrogen and oxygen atoms in total. The van der Waals surface area contributed by atoms with Crippen molar-refractivity contribution < 1.29 is 8.91 Å². The summed E-state index contributed by atoms with van der Waals surface area (Å²) in [7, 11) is 1.72. The van der Waals surface area contributed by atoms with Gasteiger partial charge in [-0.2, -0.15) is 4.98 Å². The van der Waals surface area contributed by atoms with Gasteiger partial charge in [-0.3, -0.25) is 4.99 Å². The van der Waals surface area contributed by atoms with Gasteiger partial charge in [0.15, 0.2) is 23.4 Å². The second-order valence-corrected chi connectivity index (χ2v) is 5.87. The molecule has 1 unspecified atom stereocenters. The maximum atomic E-state index is 13.8. The Bertz CT molecular complexity index is 733. The zero-order valence-electron chi connectivity index (χ0n) is 14.4. The van der Waals surface area contributed by atoms with Crippen LogP contribution in [0.5, 0.6) is 0 Å². The third-order valence-electron chi connectivity index (χ3n) is 3.99. The van der Waals surface area contributed by atoms with Crippen molar-refractivity contribution in [2.24, 2.45) is 4.99 Å². The summed E-state index contributed by atoms with van der Waals surface area (Å²) < 4.78 is 18.9. The van der Waals surface area contributed by atoms with Gasteiger partial charge in [-0.1, -0.05) is 5.16 Å². The van der Waals surface area contributed by atoms with Crippen LogP contribution in [0.3, 0.4) is 0 Å². The van der Waals surface area contributed by atoms with Crippen LogP contribution in [0.1, 0.15) is 18.1 Å². The van der Waals surface area contributed by atoms with Gasteiger partial charge in [0.2, 0.25) is 5.89 Å². The molecule has 134 valence electrons. The Morgan fingerprint density at radius 2 is 2.40 bits per heavy atom. The van der Waals surface area contributed by atoms with E-state index in [1.54, 1.807) is 26.2 Å². The van der Waals surface area contributed by atoms with E-state index in [2.05, 4.69) is 30.8 Å². The number of aliphatic imine (C=N–C) groups is 1. The summed E-state index contributed by atoms with van der Waals surface area (Å²) in [6, 6.07) is 3.21. The van der Waals surface area contributed by atoms with E-state index in [1.807, 2.05) is 4.90 Å². The minimum Gasteiger partial charge on any atom is -0.356 e. The maximum Gasteiger partial charge on any atom is 0.228 e. The van der Waals surface area contributed by atoms with Crippen LogP contribution in [0.2, 0.25) is 0 Å². The zero-order valence-corrected chi connectivity index (χ0v) is 14.4. The van der Waals surface area contributed by atoms with Crippen LogP contribution < -0.4 is 15.5 Å². The lowest BCUT2D eigenvalue weighted by Gasteiger charge is -2.19. The van der Waals surface area contributed by atoms with Crippen LogP contribution in [0.15, 0.2) is 27.8 Å². The molecule has 1 atom stereocenters. The molecule has 2 aromatic heterocycles. The van der Waals surface area contributed by atoms with E-state index in [0.29, 0.717) is 43.0 Å².